The number of ether oxygens (including phenoxy) is 1. The Morgan fingerprint density at radius 1 is 1.67 bits per heavy atom. The number of aromatic nitrogens is 3. The zero-order valence-electron chi connectivity index (χ0n) is 7.37. The number of aryl methyl sites for hydroxylation is 1. The third-order valence-electron chi connectivity index (χ3n) is 1.66. The van der Waals surface area contributed by atoms with Gasteiger partial charge in [0.25, 0.3) is 0 Å². The number of rotatable bonds is 2. The lowest BCUT2D eigenvalue weighted by atomic mass is 10.2. The average molecular weight is 169 g/mol. The van der Waals surface area contributed by atoms with E-state index in [9.17, 15) is 4.79 Å². The van der Waals surface area contributed by atoms with Gasteiger partial charge in [-0.2, -0.15) is 0 Å². The minimum Gasteiger partial charge on any atom is -0.464 e. The maximum Gasteiger partial charge on any atom is 0.360 e. The minimum absolute atomic E-state index is 0.308. The van der Waals surface area contributed by atoms with E-state index in [2.05, 4.69) is 15.0 Å². The highest BCUT2D eigenvalue weighted by Gasteiger charge is 2.16. The summed E-state index contributed by atoms with van der Waals surface area (Å²) in [6.07, 6.45) is 0.716. The number of carbonyl (C=O) groups is 1. The van der Waals surface area contributed by atoms with Crippen LogP contribution in [0.5, 0.6) is 0 Å². The molecule has 12 heavy (non-hydrogen) atoms. The van der Waals surface area contributed by atoms with Crippen molar-refractivity contribution in [3.8, 4) is 0 Å². The van der Waals surface area contributed by atoms with Gasteiger partial charge in [-0.05, 0) is 6.42 Å². The van der Waals surface area contributed by atoms with Gasteiger partial charge in [-0.3, -0.25) is 4.68 Å². The van der Waals surface area contributed by atoms with E-state index in [-0.39, 0.29) is 0 Å². The maximum absolute atomic E-state index is 11.1. The van der Waals surface area contributed by atoms with Crippen molar-refractivity contribution in [1.29, 1.82) is 0 Å². The van der Waals surface area contributed by atoms with E-state index in [1.54, 1.807) is 11.7 Å². The van der Waals surface area contributed by atoms with Gasteiger partial charge in [0.2, 0.25) is 0 Å². The number of carbonyl (C=O) groups excluding carboxylic acids is 1. The van der Waals surface area contributed by atoms with E-state index in [0.717, 1.165) is 5.69 Å². The predicted molar refractivity (Wildman–Crippen MR) is 41.7 cm³/mol. The summed E-state index contributed by atoms with van der Waals surface area (Å²) in [6.45, 7) is 1.94. The van der Waals surface area contributed by atoms with Gasteiger partial charge in [0.1, 0.15) is 0 Å². The minimum atomic E-state index is -0.431. The lowest BCUT2D eigenvalue weighted by Crippen LogP contribution is -2.06. The van der Waals surface area contributed by atoms with E-state index in [0.29, 0.717) is 12.1 Å². The van der Waals surface area contributed by atoms with E-state index in [1.807, 2.05) is 6.92 Å². The highest BCUT2D eigenvalue weighted by Crippen LogP contribution is 2.05. The van der Waals surface area contributed by atoms with Crippen LogP contribution in [-0.2, 0) is 18.2 Å². The molecule has 0 fully saturated rings. The van der Waals surface area contributed by atoms with Gasteiger partial charge in [0.15, 0.2) is 5.69 Å². The van der Waals surface area contributed by atoms with Gasteiger partial charge >= 0.3 is 5.97 Å². The topological polar surface area (TPSA) is 57.0 Å². The van der Waals surface area contributed by atoms with Gasteiger partial charge in [0, 0.05) is 7.05 Å². The van der Waals surface area contributed by atoms with E-state index >= 15 is 0 Å². The fourth-order valence-corrected chi connectivity index (χ4v) is 1.03. The van der Waals surface area contributed by atoms with Crippen LogP contribution in [0.4, 0.5) is 0 Å². The Bertz CT molecular complexity index is 293. The molecule has 0 aliphatic heterocycles. The second kappa shape index (κ2) is 3.34. The Balaban J connectivity index is 3.07. The molecule has 1 rings (SSSR count). The Morgan fingerprint density at radius 2 is 2.33 bits per heavy atom. The highest BCUT2D eigenvalue weighted by molar-refractivity contribution is 5.88. The number of methoxy groups -OCH3 is 1. The molecule has 5 nitrogen and oxygen atoms in total. The summed E-state index contributed by atoms with van der Waals surface area (Å²) in [5.41, 5.74) is 1.10. The van der Waals surface area contributed by atoms with Crippen molar-refractivity contribution < 1.29 is 9.53 Å². The molecule has 66 valence electrons. The first-order chi connectivity index (χ1) is 5.70. The smallest absolute Gasteiger partial charge is 0.360 e. The fraction of sp³-hybridized carbons (Fsp3) is 0.571. The molecular weight excluding hydrogens is 158 g/mol. The quantitative estimate of drug-likeness (QED) is 0.592. The molecule has 0 bridgehead atoms. The van der Waals surface area contributed by atoms with E-state index in [1.165, 1.54) is 7.11 Å². The van der Waals surface area contributed by atoms with E-state index in [4.69, 9.17) is 0 Å². The van der Waals surface area contributed by atoms with Crippen LogP contribution in [-0.4, -0.2) is 28.1 Å². The van der Waals surface area contributed by atoms with Crippen LogP contribution in [0.2, 0.25) is 0 Å². The zero-order chi connectivity index (χ0) is 9.14. The lowest BCUT2D eigenvalue weighted by molar-refractivity contribution is 0.0592. The highest BCUT2D eigenvalue weighted by atomic mass is 16.5. The summed E-state index contributed by atoms with van der Waals surface area (Å²) in [6, 6.07) is 0. The Morgan fingerprint density at radius 3 is 2.83 bits per heavy atom. The molecule has 0 atom stereocenters. The van der Waals surface area contributed by atoms with Crippen LogP contribution in [0.3, 0.4) is 0 Å². The Labute approximate surface area is 70.3 Å². The predicted octanol–water partition coefficient (Wildman–Crippen LogP) is 0.164. The fourth-order valence-electron chi connectivity index (χ4n) is 1.03. The first-order valence-corrected chi connectivity index (χ1v) is 3.67. The van der Waals surface area contributed by atoms with Crippen LogP contribution in [0.25, 0.3) is 0 Å². The third kappa shape index (κ3) is 1.30. The van der Waals surface area contributed by atoms with Crippen LogP contribution >= 0.6 is 0 Å². The summed E-state index contributed by atoms with van der Waals surface area (Å²) in [7, 11) is 3.08. The third-order valence-corrected chi connectivity index (χ3v) is 1.66. The molecule has 0 saturated heterocycles. The van der Waals surface area contributed by atoms with Crippen molar-refractivity contribution in [2.24, 2.45) is 7.05 Å². The summed E-state index contributed by atoms with van der Waals surface area (Å²) in [5.74, 6) is -0.431. The van der Waals surface area contributed by atoms with E-state index < -0.39 is 5.97 Å². The van der Waals surface area contributed by atoms with Crippen LogP contribution < -0.4 is 0 Å². The molecule has 0 aliphatic carbocycles. The molecule has 0 radical (unpaired) electrons. The average Bonchev–Trinajstić information content (AvgIpc) is 2.45. The van der Waals surface area contributed by atoms with Crippen molar-refractivity contribution in [3.05, 3.63) is 11.4 Å². The molecule has 0 amide bonds. The van der Waals surface area contributed by atoms with Crippen molar-refractivity contribution in [1.82, 2.24) is 15.0 Å². The summed E-state index contributed by atoms with van der Waals surface area (Å²) < 4.78 is 6.11. The SMILES string of the molecule is CCc1c(C(=O)OC)nnn1C. The number of hydrogen-bond donors (Lipinski definition) is 0. The van der Waals surface area contributed by atoms with Crippen molar-refractivity contribution in [2.75, 3.05) is 7.11 Å². The molecule has 0 saturated carbocycles. The molecule has 1 aromatic rings. The van der Waals surface area contributed by atoms with Gasteiger partial charge < -0.3 is 4.74 Å². The number of esters is 1. The molecule has 0 spiro atoms. The maximum atomic E-state index is 11.1. The van der Waals surface area contributed by atoms with Crippen molar-refractivity contribution in [2.45, 2.75) is 13.3 Å². The Hall–Kier alpha value is -1.39. The lowest BCUT2D eigenvalue weighted by Gasteiger charge is -1.97. The summed E-state index contributed by atoms with van der Waals surface area (Å²) in [4.78, 5) is 11.1. The summed E-state index contributed by atoms with van der Waals surface area (Å²) >= 11 is 0. The van der Waals surface area contributed by atoms with Gasteiger partial charge in [-0.15, -0.1) is 5.10 Å². The largest absolute Gasteiger partial charge is 0.464 e. The second-order valence-electron chi connectivity index (χ2n) is 2.35. The molecule has 0 aromatic carbocycles. The monoisotopic (exact) mass is 169 g/mol. The molecule has 1 heterocycles. The summed E-state index contributed by atoms with van der Waals surface area (Å²) in [5, 5.41) is 7.42. The normalized spacial score (nSPS) is 9.92. The van der Waals surface area contributed by atoms with Crippen LogP contribution in [0, 0.1) is 0 Å². The van der Waals surface area contributed by atoms with Crippen molar-refractivity contribution >= 4 is 5.97 Å². The van der Waals surface area contributed by atoms with Gasteiger partial charge in [-0.1, -0.05) is 12.1 Å². The zero-order valence-corrected chi connectivity index (χ0v) is 7.37. The van der Waals surface area contributed by atoms with Gasteiger partial charge in [0.05, 0.1) is 12.8 Å². The first kappa shape index (κ1) is 8.70. The van der Waals surface area contributed by atoms with Crippen LogP contribution in [0.15, 0.2) is 0 Å². The van der Waals surface area contributed by atoms with Gasteiger partial charge in [-0.25, -0.2) is 4.79 Å². The van der Waals surface area contributed by atoms with Crippen LogP contribution in [0.1, 0.15) is 23.1 Å². The first-order valence-electron chi connectivity index (χ1n) is 3.67. The molecule has 1 aromatic heterocycles. The standard InChI is InChI=1S/C7H11N3O2/c1-4-5-6(7(11)12-3)8-9-10(5)2/h4H2,1-3H3. The molecule has 0 N–H and O–H groups in total. The molecule has 5 heteroatoms. The molecular formula is C7H11N3O2. The number of nitrogens with zero attached hydrogens (tertiary/aromatic N) is 3. The molecule has 0 unspecified atom stereocenters. The second-order valence-corrected chi connectivity index (χ2v) is 2.35. The van der Waals surface area contributed by atoms with Crippen molar-refractivity contribution in [3.63, 3.8) is 0 Å². The Kier molecular flexibility index (Phi) is 2.42. The molecule has 0 aliphatic rings. The number of hydrogen-bond acceptors (Lipinski definition) is 4.